The van der Waals surface area contributed by atoms with E-state index < -0.39 is 0 Å². The van der Waals surface area contributed by atoms with E-state index in [1.807, 2.05) is 6.92 Å². The lowest BCUT2D eigenvalue weighted by atomic mass is 10.1. The average Bonchev–Trinajstić information content (AvgIpc) is 1.77. The van der Waals surface area contributed by atoms with Crippen molar-refractivity contribution in [1.29, 1.82) is 5.41 Å². The normalized spacial score (nSPS) is 26.6. The number of aliphatic imine (C=N–C) groups is 1. The predicted molar refractivity (Wildman–Crippen MR) is 34.5 cm³/mol. The van der Waals surface area contributed by atoms with E-state index in [2.05, 4.69) is 4.99 Å². The van der Waals surface area contributed by atoms with Gasteiger partial charge in [0.2, 0.25) is 0 Å². The minimum absolute atomic E-state index is 0.208. The van der Waals surface area contributed by atoms with Crippen LogP contribution in [-0.4, -0.2) is 11.9 Å². The van der Waals surface area contributed by atoms with E-state index >= 15 is 0 Å². The Morgan fingerprint density at radius 3 is 2.88 bits per heavy atom. The van der Waals surface area contributed by atoms with Gasteiger partial charge < -0.3 is 5.41 Å². The third-order valence-electron chi connectivity index (χ3n) is 1.14. The highest BCUT2D eigenvalue weighted by atomic mass is 14.7. The molecule has 0 aliphatic carbocycles. The summed E-state index contributed by atoms with van der Waals surface area (Å²) in [6, 6.07) is 0. The van der Waals surface area contributed by atoms with E-state index in [-0.39, 0.29) is 5.92 Å². The molecule has 1 rings (SSSR count). The third-order valence-corrected chi connectivity index (χ3v) is 1.14. The Balaban J connectivity index is 2.74. The van der Waals surface area contributed by atoms with E-state index in [0.29, 0.717) is 5.71 Å². The maximum Gasteiger partial charge on any atom is 0.0410 e. The molecule has 0 amide bonds. The summed E-state index contributed by atoms with van der Waals surface area (Å²) in [5.74, 6) is 0.208. The number of nitrogens with zero attached hydrogens (tertiary/aromatic N) is 1. The number of hydrogen-bond acceptors (Lipinski definition) is 2. The van der Waals surface area contributed by atoms with Crippen molar-refractivity contribution < 1.29 is 0 Å². The Morgan fingerprint density at radius 1 is 1.75 bits per heavy atom. The molecular weight excluding hydrogens is 100 g/mol. The molecule has 1 heterocycles. The summed E-state index contributed by atoms with van der Waals surface area (Å²) in [6.45, 7) is 1.95. The molecule has 2 nitrogen and oxygen atoms in total. The highest BCUT2D eigenvalue weighted by Gasteiger charge is 2.03. The Bertz CT molecular complexity index is 156. The highest BCUT2D eigenvalue weighted by Crippen LogP contribution is 1.99. The van der Waals surface area contributed by atoms with Crippen LogP contribution in [0.15, 0.2) is 17.3 Å². The maximum atomic E-state index is 7.22. The SMILES string of the molecule is CC1C=NC=CC1=N. The molecule has 0 radical (unpaired) electrons. The fourth-order valence-electron chi connectivity index (χ4n) is 0.534. The molecule has 42 valence electrons. The lowest BCUT2D eigenvalue weighted by Gasteiger charge is -2.04. The van der Waals surface area contributed by atoms with Crippen LogP contribution in [0.1, 0.15) is 6.92 Å². The second-order valence-electron chi connectivity index (χ2n) is 1.86. The van der Waals surface area contributed by atoms with Crippen LogP contribution in [0.2, 0.25) is 0 Å². The standard InChI is InChI=1S/C6H8N2/c1-5-4-8-3-2-6(5)7/h2-5,7H,1H3. The minimum Gasteiger partial charge on any atom is -0.305 e. The van der Waals surface area contributed by atoms with Gasteiger partial charge in [0.15, 0.2) is 0 Å². The van der Waals surface area contributed by atoms with Gasteiger partial charge in [0.05, 0.1) is 0 Å². The molecule has 0 aromatic carbocycles. The minimum atomic E-state index is 0.208. The fourth-order valence-corrected chi connectivity index (χ4v) is 0.534. The Morgan fingerprint density at radius 2 is 2.50 bits per heavy atom. The average molecular weight is 108 g/mol. The van der Waals surface area contributed by atoms with Crippen LogP contribution >= 0.6 is 0 Å². The first-order valence-electron chi connectivity index (χ1n) is 2.59. The van der Waals surface area contributed by atoms with Gasteiger partial charge in [-0.15, -0.1) is 0 Å². The van der Waals surface area contributed by atoms with Crippen LogP contribution in [0.3, 0.4) is 0 Å². The Kier molecular flexibility index (Phi) is 1.24. The molecule has 1 aliphatic rings. The van der Waals surface area contributed by atoms with Gasteiger partial charge >= 0.3 is 0 Å². The number of hydrogen-bond donors (Lipinski definition) is 1. The van der Waals surface area contributed by atoms with Crippen molar-refractivity contribution in [3.63, 3.8) is 0 Å². The molecule has 0 aromatic heterocycles. The van der Waals surface area contributed by atoms with Crippen molar-refractivity contribution in [2.75, 3.05) is 0 Å². The smallest absolute Gasteiger partial charge is 0.0410 e. The Hall–Kier alpha value is -0.920. The second-order valence-corrected chi connectivity index (χ2v) is 1.86. The van der Waals surface area contributed by atoms with Gasteiger partial charge in [-0.25, -0.2) is 0 Å². The summed E-state index contributed by atoms with van der Waals surface area (Å²) < 4.78 is 0. The lowest BCUT2D eigenvalue weighted by Crippen LogP contribution is -2.10. The largest absolute Gasteiger partial charge is 0.305 e. The second kappa shape index (κ2) is 1.90. The summed E-state index contributed by atoms with van der Waals surface area (Å²) in [4.78, 5) is 3.86. The zero-order valence-corrected chi connectivity index (χ0v) is 4.76. The molecule has 0 saturated carbocycles. The van der Waals surface area contributed by atoms with Crippen molar-refractivity contribution >= 4 is 11.9 Å². The third kappa shape index (κ3) is 0.832. The van der Waals surface area contributed by atoms with Crippen molar-refractivity contribution in [2.24, 2.45) is 10.9 Å². The molecule has 1 atom stereocenters. The molecule has 1 unspecified atom stereocenters. The number of rotatable bonds is 0. The molecule has 1 N–H and O–H groups in total. The van der Waals surface area contributed by atoms with Crippen LogP contribution in [-0.2, 0) is 0 Å². The first-order valence-corrected chi connectivity index (χ1v) is 2.59. The summed E-state index contributed by atoms with van der Waals surface area (Å²) in [5, 5.41) is 7.22. The van der Waals surface area contributed by atoms with Gasteiger partial charge in [-0.1, -0.05) is 6.92 Å². The first-order chi connectivity index (χ1) is 3.80. The summed E-state index contributed by atoms with van der Waals surface area (Å²) in [5.41, 5.74) is 0.639. The molecule has 8 heavy (non-hydrogen) atoms. The maximum absolute atomic E-state index is 7.22. The number of allylic oxidation sites excluding steroid dienone is 1. The highest BCUT2D eigenvalue weighted by molar-refractivity contribution is 6.05. The van der Waals surface area contributed by atoms with E-state index in [4.69, 9.17) is 5.41 Å². The van der Waals surface area contributed by atoms with E-state index in [1.54, 1.807) is 18.5 Å². The Labute approximate surface area is 48.4 Å². The molecule has 0 bridgehead atoms. The van der Waals surface area contributed by atoms with Gasteiger partial charge in [-0.05, 0) is 6.08 Å². The molecule has 0 spiro atoms. The lowest BCUT2D eigenvalue weighted by molar-refractivity contribution is 1.06. The van der Waals surface area contributed by atoms with Crippen molar-refractivity contribution in [3.8, 4) is 0 Å². The molecule has 0 saturated heterocycles. The molecule has 0 fully saturated rings. The van der Waals surface area contributed by atoms with Crippen LogP contribution in [0.4, 0.5) is 0 Å². The van der Waals surface area contributed by atoms with E-state index in [0.717, 1.165) is 0 Å². The van der Waals surface area contributed by atoms with Gasteiger partial charge in [0, 0.05) is 24.0 Å². The van der Waals surface area contributed by atoms with Crippen LogP contribution < -0.4 is 0 Å². The van der Waals surface area contributed by atoms with Gasteiger partial charge in [0.25, 0.3) is 0 Å². The quantitative estimate of drug-likeness (QED) is 0.484. The van der Waals surface area contributed by atoms with Gasteiger partial charge in [-0.3, -0.25) is 4.99 Å². The molecule has 1 aliphatic heterocycles. The van der Waals surface area contributed by atoms with E-state index in [1.165, 1.54) is 0 Å². The van der Waals surface area contributed by atoms with Crippen LogP contribution in [0.5, 0.6) is 0 Å². The zero-order chi connectivity index (χ0) is 5.98. The van der Waals surface area contributed by atoms with Crippen molar-refractivity contribution in [2.45, 2.75) is 6.92 Å². The van der Waals surface area contributed by atoms with E-state index in [9.17, 15) is 0 Å². The van der Waals surface area contributed by atoms with Crippen molar-refractivity contribution in [1.82, 2.24) is 0 Å². The molecular formula is C6H8N2. The monoisotopic (exact) mass is 108 g/mol. The zero-order valence-electron chi connectivity index (χ0n) is 4.76. The topological polar surface area (TPSA) is 36.2 Å². The van der Waals surface area contributed by atoms with Crippen LogP contribution in [0.25, 0.3) is 0 Å². The predicted octanol–water partition coefficient (Wildman–Crippen LogP) is 1.24. The fraction of sp³-hybridized carbons (Fsp3) is 0.333. The summed E-state index contributed by atoms with van der Waals surface area (Å²) in [7, 11) is 0. The first kappa shape index (κ1) is 5.22. The van der Waals surface area contributed by atoms with Gasteiger partial charge in [-0.2, -0.15) is 0 Å². The molecule has 2 heteroatoms. The summed E-state index contributed by atoms with van der Waals surface area (Å²) in [6.07, 6.45) is 5.12. The van der Waals surface area contributed by atoms with Crippen LogP contribution in [0, 0.1) is 11.3 Å². The van der Waals surface area contributed by atoms with Crippen molar-refractivity contribution in [3.05, 3.63) is 12.3 Å². The molecule has 0 aromatic rings. The number of nitrogens with one attached hydrogen (secondary N) is 1. The van der Waals surface area contributed by atoms with Gasteiger partial charge in [0.1, 0.15) is 0 Å². The summed E-state index contributed by atoms with van der Waals surface area (Å²) >= 11 is 0.